The number of hydrogen-bond donors (Lipinski definition) is 0. The van der Waals surface area contributed by atoms with Gasteiger partial charge in [0.05, 0.1) is 4.47 Å². The van der Waals surface area contributed by atoms with Crippen LogP contribution in [-0.4, -0.2) is 22.2 Å². The molecule has 0 N–H and O–H groups in total. The predicted octanol–water partition coefficient (Wildman–Crippen LogP) is 4.95. The molecule has 0 saturated carbocycles. The van der Waals surface area contributed by atoms with Crippen LogP contribution in [0.2, 0.25) is 0 Å². The SMILES string of the molecule is C=CCN(C(=O)C(C)n1nc(Br)c(Br)c1Br)c1ccccc1. The summed E-state index contributed by atoms with van der Waals surface area (Å²) in [6.07, 6.45) is 1.71. The summed E-state index contributed by atoms with van der Waals surface area (Å²) < 4.78 is 3.78. The number of carbonyl (C=O) groups is 1. The van der Waals surface area contributed by atoms with Crippen molar-refractivity contribution in [1.82, 2.24) is 9.78 Å². The average molecular weight is 492 g/mol. The maximum absolute atomic E-state index is 12.9. The van der Waals surface area contributed by atoms with Gasteiger partial charge in [0, 0.05) is 12.2 Å². The Morgan fingerprint density at radius 2 is 2.00 bits per heavy atom. The molecule has 2 aromatic rings. The van der Waals surface area contributed by atoms with E-state index in [0.717, 1.165) is 10.2 Å². The molecule has 0 saturated heterocycles. The van der Waals surface area contributed by atoms with Gasteiger partial charge in [0.2, 0.25) is 0 Å². The van der Waals surface area contributed by atoms with Crippen molar-refractivity contribution in [3.63, 3.8) is 0 Å². The van der Waals surface area contributed by atoms with E-state index in [2.05, 4.69) is 59.5 Å². The minimum Gasteiger partial charge on any atom is -0.307 e. The highest BCUT2D eigenvalue weighted by atomic mass is 79.9. The first-order chi connectivity index (χ1) is 10.5. The smallest absolute Gasteiger partial charge is 0.251 e. The van der Waals surface area contributed by atoms with E-state index in [1.807, 2.05) is 37.3 Å². The second kappa shape index (κ2) is 7.57. The molecule has 1 atom stereocenters. The van der Waals surface area contributed by atoms with E-state index < -0.39 is 6.04 Å². The van der Waals surface area contributed by atoms with Gasteiger partial charge in [-0.05, 0) is 66.8 Å². The molecule has 0 spiro atoms. The number of carbonyl (C=O) groups excluding carboxylic acids is 1. The Labute approximate surface area is 154 Å². The van der Waals surface area contributed by atoms with Gasteiger partial charge in [-0.3, -0.25) is 4.79 Å². The number of anilines is 1. The number of benzene rings is 1. The van der Waals surface area contributed by atoms with Gasteiger partial charge < -0.3 is 4.90 Å². The van der Waals surface area contributed by atoms with Crippen molar-refractivity contribution in [2.45, 2.75) is 13.0 Å². The molecule has 0 aliphatic carbocycles. The van der Waals surface area contributed by atoms with Crippen LogP contribution >= 0.6 is 47.8 Å². The number of amides is 1. The van der Waals surface area contributed by atoms with E-state index in [4.69, 9.17) is 0 Å². The van der Waals surface area contributed by atoms with Crippen LogP contribution in [0.3, 0.4) is 0 Å². The molecule has 116 valence electrons. The number of para-hydroxylation sites is 1. The van der Waals surface area contributed by atoms with Crippen LogP contribution in [0.4, 0.5) is 5.69 Å². The lowest BCUT2D eigenvalue weighted by atomic mass is 10.2. The molecule has 1 unspecified atom stereocenters. The summed E-state index contributed by atoms with van der Waals surface area (Å²) in [5.74, 6) is -0.0608. The highest BCUT2D eigenvalue weighted by molar-refractivity contribution is 9.14. The highest BCUT2D eigenvalue weighted by Crippen LogP contribution is 2.33. The monoisotopic (exact) mass is 489 g/mol. The molecule has 1 aromatic carbocycles. The summed E-state index contributed by atoms with van der Waals surface area (Å²) in [6.45, 7) is 5.99. The quantitative estimate of drug-likeness (QED) is 0.555. The lowest BCUT2D eigenvalue weighted by molar-refractivity contribution is -0.121. The number of halogens is 3. The van der Waals surface area contributed by atoms with Gasteiger partial charge >= 0.3 is 0 Å². The van der Waals surface area contributed by atoms with Crippen molar-refractivity contribution >= 4 is 59.4 Å². The Hall–Kier alpha value is -0.920. The van der Waals surface area contributed by atoms with E-state index in [-0.39, 0.29) is 5.91 Å². The van der Waals surface area contributed by atoms with E-state index in [1.165, 1.54) is 0 Å². The predicted molar refractivity (Wildman–Crippen MR) is 99.0 cm³/mol. The zero-order valence-corrected chi connectivity index (χ0v) is 16.6. The molecule has 0 radical (unpaired) electrons. The Balaban J connectivity index is 2.34. The first-order valence-electron chi connectivity index (χ1n) is 6.53. The van der Waals surface area contributed by atoms with Gasteiger partial charge in [0.15, 0.2) is 0 Å². The second-order valence-electron chi connectivity index (χ2n) is 4.59. The van der Waals surface area contributed by atoms with Gasteiger partial charge in [-0.25, -0.2) is 4.68 Å². The Kier molecular flexibility index (Phi) is 6.00. The first kappa shape index (κ1) is 17.4. The summed E-state index contributed by atoms with van der Waals surface area (Å²) in [5, 5.41) is 4.33. The maximum Gasteiger partial charge on any atom is 0.251 e. The molecule has 22 heavy (non-hydrogen) atoms. The Morgan fingerprint density at radius 3 is 2.50 bits per heavy atom. The third-order valence-electron chi connectivity index (χ3n) is 3.13. The van der Waals surface area contributed by atoms with Crippen molar-refractivity contribution in [3.05, 3.63) is 56.7 Å². The molecule has 0 bridgehead atoms. The number of aromatic nitrogens is 2. The number of hydrogen-bond acceptors (Lipinski definition) is 2. The largest absolute Gasteiger partial charge is 0.307 e. The molecule has 0 aliphatic rings. The summed E-state index contributed by atoms with van der Waals surface area (Å²) in [4.78, 5) is 14.6. The molecule has 4 nitrogen and oxygen atoms in total. The van der Waals surface area contributed by atoms with Crippen LogP contribution in [0, 0.1) is 0 Å². The van der Waals surface area contributed by atoms with Gasteiger partial charge in [-0.1, -0.05) is 24.3 Å². The van der Waals surface area contributed by atoms with Crippen molar-refractivity contribution in [2.24, 2.45) is 0 Å². The normalized spacial score (nSPS) is 12.0. The van der Waals surface area contributed by atoms with Gasteiger partial charge in [-0.2, -0.15) is 5.10 Å². The fraction of sp³-hybridized carbons (Fsp3) is 0.200. The van der Waals surface area contributed by atoms with Crippen LogP contribution in [-0.2, 0) is 4.79 Å². The minimum absolute atomic E-state index is 0.0608. The Morgan fingerprint density at radius 1 is 1.36 bits per heavy atom. The minimum atomic E-state index is -0.461. The molecule has 0 aliphatic heterocycles. The van der Waals surface area contributed by atoms with Gasteiger partial charge in [0.1, 0.15) is 15.2 Å². The number of rotatable bonds is 5. The summed E-state index contributed by atoms with van der Waals surface area (Å²) in [6, 6.07) is 9.07. The summed E-state index contributed by atoms with van der Waals surface area (Å²) in [5.41, 5.74) is 0.834. The van der Waals surface area contributed by atoms with Crippen LogP contribution < -0.4 is 4.90 Å². The third-order valence-corrected chi connectivity index (χ3v) is 6.26. The van der Waals surface area contributed by atoms with Crippen molar-refractivity contribution < 1.29 is 4.79 Å². The van der Waals surface area contributed by atoms with Crippen molar-refractivity contribution in [3.8, 4) is 0 Å². The third kappa shape index (κ3) is 3.52. The topological polar surface area (TPSA) is 38.1 Å². The van der Waals surface area contributed by atoms with E-state index in [9.17, 15) is 4.79 Å². The second-order valence-corrected chi connectivity index (χ2v) is 6.88. The fourth-order valence-electron chi connectivity index (χ4n) is 2.01. The Bertz CT molecular complexity index is 685. The zero-order chi connectivity index (χ0) is 16.3. The zero-order valence-electron chi connectivity index (χ0n) is 11.8. The van der Waals surface area contributed by atoms with Crippen LogP contribution in [0.15, 0.2) is 56.7 Å². The molecule has 1 aromatic heterocycles. The van der Waals surface area contributed by atoms with E-state index in [0.29, 0.717) is 15.8 Å². The molecule has 2 rings (SSSR count). The summed E-state index contributed by atoms with van der Waals surface area (Å²) in [7, 11) is 0. The molecule has 1 heterocycles. The lowest BCUT2D eigenvalue weighted by Crippen LogP contribution is -2.37. The molecule has 0 fully saturated rings. The van der Waals surface area contributed by atoms with E-state index >= 15 is 0 Å². The molecular weight excluding hydrogens is 478 g/mol. The van der Waals surface area contributed by atoms with Crippen LogP contribution in [0.1, 0.15) is 13.0 Å². The summed E-state index contributed by atoms with van der Waals surface area (Å²) >= 11 is 10.2. The molecule has 1 amide bonds. The van der Waals surface area contributed by atoms with Crippen molar-refractivity contribution in [1.29, 1.82) is 0 Å². The van der Waals surface area contributed by atoms with Crippen LogP contribution in [0.25, 0.3) is 0 Å². The first-order valence-corrected chi connectivity index (χ1v) is 8.91. The van der Waals surface area contributed by atoms with Gasteiger partial charge in [0.25, 0.3) is 5.91 Å². The number of nitrogens with zero attached hydrogens (tertiary/aromatic N) is 3. The van der Waals surface area contributed by atoms with Gasteiger partial charge in [-0.15, -0.1) is 6.58 Å². The molecule has 7 heteroatoms. The standard InChI is InChI=1S/C15H14Br3N3O/c1-3-9-20(11-7-5-4-6-8-11)15(22)10(2)21-14(18)12(16)13(17)19-21/h3-8,10H,1,9H2,2H3. The van der Waals surface area contributed by atoms with Crippen molar-refractivity contribution in [2.75, 3.05) is 11.4 Å². The molecular formula is C15H14Br3N3O. The fourth-order valence-corrected chi connectivity index (χ4v) is 3.47. The maximum atomic E-state index is 12.9. The average Bonchev–Trinajstić information content (AvgIpc) is 2.79. The van der Waals surface area contributed by atoms with Crippen LogP contribution in [0.5, 0.6) is 0 Å². The van der Waals surface area contributed by atoms with E-state index in [1.54, 1.807) is 15.7 Å². The highest BCUT2D eigenvalue weighted by Gasteiger charge is 2.26. The lowest BCUT2D eigenvalue weighted by Gasteiger charge is -2.25.